The molecule has 1 aromatic rings. The second-order valence-electron chi connectivity index (χ2n) is 9.49. The van der Waals surface area contributed by atoms with Gasteiger partial charge in [0.25, 0.3) is 0 Å². The highest BCUT2D eigenvalue weighted by atomic mass is 16.5. The molecule has 6 nitrogen and oxygen atoms in total. The quantitative estimate of drug-likeness (QED) is 0.695. The number of anilines is 1. The summed E-state index contributed by atoms with van der Waals surface area (Å²) in [4.78, 5) is 29.6. The number of nitriles is 1. The third-order valence-corrected chi connectivity index (χ3v) is 7.22. The molecule has 158 valence electrons. The fraction of sp³-hybridized carbons (Fsp3) is 0.400. The predicted octanol–water partition coefficient (Wildman–Crippen LogP) is 3.81. The summed E-state index contributed by atoms with van der Waals surface area (Å²) in [6, 6.07) is 4.25. The number of ketones is 1. The van der Waals surface area contributed by atoms with Gasteiger partial charge < -0.3 is 15.4 Å². The molecule has 31 heavy (non-hydrogen) atoms. The maximum Gasteiger partial charge on any atom is 0.248 e. The van der Waals surface area contributed by atoms with Crippen LogP contribution in [0.1, 0.15) is 62.3 Å². The Bertz CT molecular complexity index is 1260. The van der Waals surface area contributed by atoms with E-state index < -0.39 is 11.0 Å². The molecule has 0 fully saturated rings. The van der Waals surface area contributed by atoms with Crippen LogP contribution in [0, 0.1) is 25.2 Å². The Hall–Kier alpha value is -3.33. The number of aryl methyl sites for hydroxylation is 1. The highest BCUT2D eigenvalue weighted by Gasteiger charge is 2.65. The first-order chi connectivity index (χ1) is 14.6. The fourth-order valence-electron chi connectivity index (χ4n) is 5.92. The summed E-state index contributed by atoms with van der Waals surface area (Å²) in [5.41, 5.74) is 9.79. The van der Waals surface area contributed by atoms with Gasteiger partial charge in [-0.05, 0) is 63.8 Å². The molecule has 0 saturated heterocycles. The van der Waals surface area contributed by atoms with Gasteiger partial charge in [0.15, 0.2) is 5.78 Å². The Morgan fingerprint density at radius 3 is 2.58 bits per heavy atom. The predicted molar refractivity (Wildman–Crippen MR) is 117 cm³/mol. The van der Waals surface area contributed by atoms with Crippen LogP contribution in [0.5, 0.6) is 0 Å². The van der Waals surface area contributed by atoms with Gasteiger partial charge in [-0.1, -0.05) is 6.08 Å². The number of fused-ring (bicyclic) bond motifs is 2. The monoisotopic (exact) mass is 415 g/mol. The lowest BCUT2D eigenvalue weighted by atomic mass is 9.63. The standard InChI is InChI=1S/C25H25N3O3/c1-12-9-15-13(2)10-24(4,5)28-21(15)19(14(12)3)25(23(28)30)16(11-26)22(27)31-18-8-6-7-17(29)20(18)25/h9-10H,6-8,27H2,1-5H3/t25-/m1/s1. The molecule has 3 heterocycles. The number of allylic oxidation sites excluding steroid dienone is 2. The van der Waals surface area contributed by atoms with Gasteiger partial charge in [-0.3, -0.25) is 9.59 Å². The average Bonchev–Trinajstić information content (AvgIpc) is 2.94. The first-order valence-electron chi connectivity index (χ1n) is 10.6. The average molecular weight is 415 g/mol. The van der Waals surface area contributed by atoms with Gasteiger partial charge in [0.1, 0.15) is 22.8 Å². The molecule has 0 radical (unpaired) electrons. The Labute approximate surface area is 181 Å². The number of hydrogen-bond donors (Lipinski definition) is 1. The van der Waals surface area contributed by atoms with Gasteiger partial charge in [-0.15, -0.1) is 0 Å². The molecule has 0 saturated carbocycles. The zero-order valence-corrected chi connectivity index (χ0v) is 18.5. The van der Waals surface area contributed by atoms with Crippen LogP contribution in [0.25, 0.3) is 5.57 Å². The normalized spacial score (nSPS) is 25.9. The molecule has 6 heteroatoms. The smallest absolute Gasteiger partial charge is 0.248 e. The van der Waals surface area contributed by atoms with E-state index in [9.17, 15) is 14.9 Å². The van der Waals surface area contributed by atoms with E-state index in [1.54, 1.807) is 4.90 Å². The minimum atomic E-state index is -1.56. The molecule has 2 N–H and O–H groups in total. The molecule has 1 amide bonds. The van der Waals surface area contributed by atoms with Crippen LogP contribution < -0.4 is 10.6 Å². The van der Waals surface area contributed by atoms with E-state index in [-0.39, 0.29) is 23.1 Å². The largest absolute Gasteiger partial charge is 0.444 e. The van der Waals surface area contributed by atoms with Crippen molar-refractivity contribution in [3.8, 4) is 6.07 Å². The molecule has 1 spiro atoms. The SMILES string of the molecule is CC1=CC(C)(C)N2C(=O)[C@]3(C(C#N)=C(N)OC4=C3C(=O)CCC4)c3c(C)c(C)cc1c32. The number of amides is 1. The van der Waals surface area contributed by atoms with E-state index in [0.29, 0.717) is 36.2 Å². The molecule has 4 aliphatic rings. The lowest BCUT2D eigenvalue weighted by Crippen LogP contribution is -2.54. The number of benzene rings is 1. The van der Waals surface area contributed by atoms with Crippen LogP contribution >= 0.6 is 0 Å². The maximum absolute atomic E-state index is 14.5. The molecule has 1 aliphatic carbocycles. The summed E-state index contributed by atoms with van der Waals surface area (Å²) in [6.45, 7) is 9.95. The summed E-state index contributed by atoms with van der Waals surface area (Å²) in [5, 5.41) is 10.2. The van der Waals surface area contributed by atoms with E-state index >= 15 is 0 Å². The molecule has 1 aromatic carbocycles. The van der Waals surface area contributed by atoms with Crippen LogP contribution in [-0.2, 0) is 19.7 Å². The van der Waals surface area contributed by atoms with E-state index in [1.165, 1.54) is 0 Å². The van der Waals surface area contributed by atoms with Crippen molar-refractivity contribution in [1.29, 1.82) is 5.26 Å². The van der Waals surface area contributed by atoms with Gasteiger partial charge in [-0.25, -0.2) is 0 Å². The lowest BCUT2D eigenvalue weighted by molar-refractivity contribution is -0.125. The zero-order chi connectivity index (χ0) is 22.5. The molecule has 1 atom stereocenters. The molecule has 5 rings (SSSR count). The van der Waals surface area contributed by atoms with Crippen molar-refractivity contribution in [2.75, 3.05) is 4.90 Å². The van der Waals surface area contributed by atoms with Gasteiger partial charge >= 0.3 is 0 Å². The number of carbonyl (C=O) groups excluding carboxylic acids is 2. The first kappa shape index (κ1) is 19.6. The van der Waals surface area contributed by atoms with Crippen LogP contribution in [-0.4, -0.2) is 17.2 Å². The maximum atomic E-state index is 14.5. The minimum Gasteiger partial charge on any atom is -0.444 e. The van der Waals surface area contributed by atoms with Gasteiger partial charge in [0.05, 0.1) is 16.8 Å². The van der Waals surface area contributed by atoms with E-state index in [1.807, 2.05) is 34.6 Å². The van der Waals surface area contributed by atoms with E-state index in [2.05, 4.69) is 18.2 Å². The zero-order valence-electron chi connectivity index (χ0n) is 18.5. The van der Waals surface area contributed by atoms with Crippen molar-refractivity contribution in [2.45, 2.75) is 64.8 Å². The van der Waals surface area contributed by atoms with Crippen molar-refractivity contribution >= 4 is 23.0 Å². The second-order valence-corrected chi connectivity index (χ2v) is 9.49. The molecule has 3 aliphatic heterocycles. The number of hydrogen-bond acceptors (Lipinski definition) is 5. The van der Waals surface area contributed by atoms with Crippen LogP contribution in [0.15, 0.2) is 34.9 Å². The van der Waals surface area contributed by atoms with Crippen molar-refractivity contribution in [3.63, 3.8) is 0 Å². The fourth-order valence-corrected chi connectivity index (χ4v) is 5.92. The summed E-state index contributed by atoms with van der Waals surface area (Å²) in [5.74, 6) is -0.0945. The summed E-state index contributed by atoms with van der Waals surface area (Å²) in [7, 11) is 0. The van der Waals surface area contributed by atoms with Crippen LogP contribution in [0.4, 0.5) is 5.69 Å². The van der Waals surface area contributed by atoms with Crippen molar-refractivity contribution in [2.24, 2.45) is 5.73 Å². The number of carbonyl (C=O) groups is 2. The minimum absolute atomic E-state index is 0.0188. The Kier molecular flexibility index (Phi) is 3.72. The van der Waals surface area contributed by atoms with Crippen LogP contribution in [0.2, 0.25) is 0 Å². The lowest BCUT2D eigenvalue weighted by Gasteiger charge is -2.41. The number of Topliss-reactive ketones (excluding diaryl/α,β-unsaturated/α-hetero) is 1. The summed E-state index contributed by atoms with van der Waals surface area (Å²) in [6.07, 6.45) is 3.55. The van der Waals surface area contributed by atoms with Crippen LogP contribution in [0.3, 0.4) is 0 Å². The Morgan fingerprint density at radius 1 is 1.19 bits per heavy atom. The van der Waals surface area contributed by atoms with Crippen molar-refractivity contribution < 1.29 is 14.3 Å². The summed E-state index contributed by atoms with van der Waals surface area (Å²) >= 11 is 0. The van der Waals surface area contributed by atoms with Crippen molar-refractivity contribution in [1.82, 2.24) is 0 Å². The first-order valence-corrected chi connectivity index (χ1v) is 10.6. The Balaban J connectivity index is 2.02. The third-order valence-electron chi connectivity index (χ3n) is 7.22. The van der Waals surface area contributed by atoms with Gasteiger partial charge in [0.2, 0.25) is 11.8 Å². The molecule has 0 bridgehead atoms. The number of ether oxygens (including phenoxy) is 1. The molecule has 0 unspecified atom stereocenters. The third kappa shape index (κ3) is 2.11. The van der Waals surface area contributed by atoms with E-state index in [4.69, 9.17) is 10.5 Å². The number of nitrogens with zero attached hydrogens (tertiary/aromatic N) is 2. The highest BCUT2D eigenvalue weighted by molar-refractivity contribution is 6.22. The molecule has 0 aromatic heterocycles. The topological polar surface area (TPSA) is 96.4 Å². The number of nitrogens with two attached hydrogens (primary N) is 1. The molecular weight excluding hydrogens is 390 g/mol. The number of rotatable bonds is 0. The summed E-state index contributed by atoms with van der Waals surface area (Å²) < 4.78 is 5.78. The molecular formula is C25H25N3O3. The van der Waals surface area contributed by atoms with Crippen molar-refractivity contribution in [3.05, 3.63) is 57.2 Å². The second kappa shape index (κ2) is 5.88. The van der Waals surface area contributed by atoms with E-state index in [0.717, 1.165) is 28.0 Å². The highest BCUT2D eigenvalue weighted by Crippen LogP contribution is 2.61. The van der Waals surface area contributed by atoms with Gasteiger partial charge in [0, 0.05) is 24.0 Å². The Morgan fingerprint density at radius 2 is 1.90 bits per heavy atom. The van der Waals surface area contributed by atoms with Gasteiger partial charge in [-0.2, -0.15) is 5.26 Å².